The van der Waals surface area contributed by atoms with Gasteiger partial charge in [0.15, 0.2) is 0 Å². The molecule has 27 heavy (non-hydrogen) atoms. The van der Waals surface area contributed by atoms with Crippen molar-refractivity contribution in [3.05, 3.63) is 63.6 Å². The van der Waals surface area contributed by atoms with Gasteiger partial charge in [0.2, 0.25) is 0 Å². The van der Waals surface area contributed by atoms with Crippen molar-refractivity contribution >= 4 is 40.7 Å². The molecule has 0 fully saturated rings. The number of hydrogen-bond acceptors (Lipinski definition) is 5. The van der Waals surface area contributed by atoms with Crippen molar-refractivity contribution in [2.45, 2.75) is 19.1 Å². The summed E-state index contributed by atoms with van der Waals surface area (Å²) in [5.74, 6) is -1.20. The normalized spacial score (nSPS) is 12.4. The van der Waals surface area contributed by atoms with Gasteiger partial charge in [0.05, 0.1) is 27.4 Å². The number of carbonyl (C=O) groups excluding carboxylic acids is 2. The van der Waals surface area contributed by atoms with Crippen LogP contribution in [0, 0.1) is 11.3 Å². The van der Waals surface area contributed by atoms with Gasteiger partial charge in [-0.1, -0.05) is 41.4 Å². The second kappa shape index (κ2) is 9.24. The van der Waals surface area contributed by atoms with E-state index in [1.165, 1.54) is 19.1 Å². The Bertz CT molecular complexity index is 882. The molecule has 0 aliphatic carbocycles. The molecule has 0 aromatic heterocycles. The lowest BCUT2D eigenvalue weighted by Crippen LogP contribution is -2.52. The number of hydrazine groups is 1. The van der Waals surface area contributed by atoms with Crippen LogP contribution in [0.5, 0.6) is 0 Å². The number of nitrogens with one attached hydrogen (secondary N) is 3. The van der Waals surface area contributed by atoms with E-state index in [4.69, 9.17) is 28.5 Å². The van der Waals surface area contributed by atoms with E-state index in [0.29, 0.717) is 5.56 Å². The standard InChI is InChI=1S/C18H16Cl2N4O3/c1-10(25)16(22-13-8-7-12(9-21)14(19)15(13)20)18(27)24-23-17(26)11-5-3-2-4-6-11/h2-8,10,16,22,25H,1H3,(H,23,26)(H,24,27)/t10-,16+/m0/s1. The summed E-state index contributed by atoms with van der Waals surface area (Å²) in [6.45, 7) is 1.40. The summed E-state index contributed by atoms with van der Waals surface area (Å²) in [5, 5.41) is 21.7. The van der Waals surface area contributed by atoms with Crippen molar-refractivity contribution in [1.29, 1.82) is 5.26 Å². The number of hydrogen-bond donors (Lipinski definition) is 4. The van der Waals surface area contributed by atoms with Crippen LogP contribution in [0.25, 0.3) is 0 Å². The molecule has 0 saturated carbocycles. The van der Waals surface area contributed by atoms with Crippen molar-refractivity contribution in [1.82, 2.24) is 10.9 Å². The number of halogens is 2. The minimum Gasteiger partial charge on any atom is -0.391 e. The van der Waals surface area contributed by atoms with Gasteiger partial charge in [0, 0.05) is 5.56 Å². The highest BCUT2D eigenvalue weighted by atomic mass is 35.5. The van der Waals surface area contributed by atoms with E-state index in [9.17, 15) is 14.7 Å². The minimum atomic E-state index is -1.14. The maximum atomic E-state index is 12.4. The number of nitriles is 1. The molecule has 2 aromatic rings. The number of amides is 2. The summed E-state index contributed by atoms with van der Waals surface area (Å²) < 4.78 is 0. The predicted octanol–water partition coefficient (Wildman–Crippen LogP) is 2.49. The first kappa shape index (κ1) is 20.5. The average Bonchev–Trinajstić information content (AvgIpc) is 2.67. The molecule has 0 aliphatic heterocycles. The minimum absolute atomic E-state index is 0.0336. The van der Waals surface area contributed by atoms with Crippen LogP contribution in [-0.4, -0.2) is 29.1 Å². The molecule has 140 valence electrons. The number of anilines is 1. The van der Waals surface area contributed by atoms with E-state index in [1.54, 1.807) is 30.3 Å². The topological polar surface area (TPSA) is 114 Å². The Morgan fingerprint density at radius 2 is 1.74 bits per heavy atom. The number of nitrogens with zero attached hydrogens (tertiary/aromatic N) is 1. The third kappa shape index (κ3) is 5.11. The van der Waals surface area contributed by atoms with Crippen molar-refractivity contribution in [2.75, 3.05) is 5.32 Å². The Labute approximate surface area is 165 Å². The SMILES string of the molecule is C[C@H](O)[C@@H](Nc1ccc(C#N)c(Cl)c1Cl)C(=O)NNC(=O)c1ccccc1. The molecule has 7 nitrogen and oxygen atoms in total. The summed E-state index contributed by atoms with van der Waals surface area (Å²) in [7, 11) is 0. The van der Waals surface area contributed by atoms with Gasteiger partial charge in [0.25, 0.3) is 11.8 Å². The predicted molar refractivity (Wildman–Crippen MR) is 102 cm³/mol. The first-order valence-electron chi connectivity index (χ1n) is 7.83. The van der Waals surface area contributed by atoms with Gasteiger partial charge >= 0.3 is 0 Å². The number of benzene rings is 2. The van der Waals surface area contributed by atoms with Crippen LogP contribution in [0.3, 0.4) is 0 Å². The summed E-state index contributed by atoms with van der Waals surface area (Å²) in [6, 6.07) is 12.0. The molecule has 2 rings (SSSR count). The van der Waals surface area contributed by atoms with Crippen LogP contribution in [0.1, 0.15) is 22.8 Å². The molecule has 2 amide bonds. The molecule has 0 radical (unpaired) electrons. The van der Waals surface area contributed by atoms with E-state index in [1.807, 2.05) is 6.07 Å². The molecule has 9 heteroatoms. The summed E-state index contributed by atoms with van der Waals surface area (Å²) >= 11 is 12.1. The molecule has 0 saturated heterocycles. The van der Waals surface area contributed by atoms with Crippen LogP contribution in [0.2, 0.25) is 10.0 Å². The Kier molecular flexibility index (Phi) is 7.02. The highest BCUT2D eigenvalue weighted by Gasteiger charge is 2.25. The van der Waals surface area contributed by atoms with Gasteiger partial charge in [0.1, 0.15) is 12.1 Å². The number of rotatable bonds is 5. The maximum Gasteiger partial charge on any atom is 0.269 e. The van der Waals surface area contributed by atoms with Gasteiger partial charge in [-0.15, -0.1) is 0 Å². The zero-order valence-electron chi connectivity index (χ0n) is 14.2. The average molecular weight is 407 g/mol. The van der Waals surface area contributed by atoms with Crippen molar-refractivity contribution < 1.29 is 14.7 Å². The second-order valence-electron chi connectivity index (χ2n) is 5.57. The van der Waals surface area contributed by atoms with Crippen molar-refractivity contribution in [3.63, 3.8) is 0 Å². The molecular weight excluding hydrogens is 391 g/mol. The molecule has 2 aromatic carbocycles. The smallest absolute Gasteiger partial charge is 0.269 e. The fraction of sp³-hybridized carbons (Fsp3) is 0.167. The fourth-order valence-corrected chi connectivity index (χ4v) is 2.60. The van der Waals surface area contributed by atoms with Crippen molar-refractivity contribution in [3.8, 4) is 6.07 Å². The number of carbonyl (C=O) groups is 2. The molecule has 0 unspecified atom stereocenters. The van der Waals surface area contributed by atoms with Gasteiger partial charge < -0.3 is 10.4 Å². The third-order valence-electron chi connectivity index (χ3n) is 3.61. The van der Waals surface area contributed by atoms with Gasteiger partial charge in [-0.25, -0.2) is 0 Å². The van der Waals surface area contributed by atoms with Crippen LogP contribution in [0.4, 0.5) is 5.69 Å². The van der Waals surface area contributed by atoms with Crippen LogP contribution in [0.15, 0.2) is 42.5 Å². The molecule has 0 aliphatic rings. The van der Waals surface area contributed by atoms with E-state index in [-0.39, 0.29) is 21.3 Å². The first-order chi connectivity index (χ1) is 12.8. The number of aliphatic hydroxyl groups excluding tert-OH is 1. The zero-order chi connectivity index (χ0) is 20.0. The fourth-order valence-electron chi connectivity index (χ4n) is 2.18. The summed E-state index contributed by atoms with van der Waals surface area (Å²) in [5.41, 5.74) is 5.33. The second-order valence-corrected chi connectivity index (χ2v) is 6.33. The highest BCUT2D eigenvalue weighted by molar-refractivity contribution is 6.44. The largest absolute Gasteiger partial charge is 0.391 e. The third-order valence-corrected chi connectivity index (χ3v) is 4.50. The van der Waals surface area contributed by atoms with E-state index in [2.05, 4.69) is 16.2 Å². The molecule has 0 spiro atoms. The lowest BCUT2D eigenvalue weighted by atomic mass is 10.1. The summed E-state index contributed by atoms with van der Waals surface area (Å²) in [6.07, 6.45) is -1.12. The van der Waals surface area contributed by atoms with E-state index >= 15 is 0 Å². The quantitative estimate of drug-likeness (QED) is 0.569. The zero-order valence-corrected chi connectivity index (χ0v) is 15.7. The van der Waals surface area contributed by atoms with Crippen molar-refractivity contribution in [2.24, 2.45) is 0 Å². The van der Waals surface area contributed by atoms with Gasteiger partial charge in [-0.3, -0.25) is 20.4 Å². The van der Waals surface area contributed by atoms with E-state index < -0.39 is 24.0 Å². The maximum absolute atomic E-state index is 12.4. The number of aliphatic hydroxyl groups is 1. The van der Waals surface area contributed by atoms with Crippen LogP contribution < -0.4 is 16.2 Å². The van der Waals surface area contributed by atoms with E-state index in [0.717, 1.165) is 0 Å². The molecule has 0 bridgehead atoms. The van der Waals surface area contributed by atoms with Crippen LogP contribution >= 0.6 is 23.2 Å². The monoisotopic (exact) mass is 406 g/mol. The lowest BCUT2D eigenvalue weighted by molar-refractivity contribution is -0.124. The van der Waals surface area contributed by atoms with Gasteiger partial charge in [-0.05, 0) is 31.2 Å². The molecule has 0 heterocycles. The van der Waals surface area contributed by atoms with Crippen LogP contribution in [-0.2, 0) is 4.79 Å². The first-order valence-corrected chi connectivity index (χ1v) is 8.58. The Morgan fingerprint density at radius 1 is 1.07 bits per heavy atom. The van der Waals surface area contributed by atoms with Gasteiger partial charge in [-0.2, -0.15) is 5.26 Å². The molecule has 4 N–H and O–H groups in total. The Morgan fingerprint density at radius 3 is 2.33 bits per heavy atom. The Balaban J connectivity index is 2.09. The lowest BCUT2D eigenvalue weighted by Gasteiger charge is -2.23. The Hall–Kier alpha value is -2.79. The summed E-state index contributed by atoms with van der Waals surface area (Å²) in [4.78, 5) is 24.4. The highest BCUT2D eigenvalue weighted by Crippen LogP contribution is 2.33. The molecule has 2 atom stereocenters. The molecular formula is C18H16Cl2N4O3.